The van der Waals surface area contributed by atoms with E-state index in [0.717, 1.165) is 17.7 Å². The van der Waals surface area contributed by atoms with Crippen LogP contribution in [0.15, 0.2) is 53.5 Å². The molecule has 0 aliphatic rings. The number of hydrogen-bond acceptors (Lipinski definition) is 3. The van der Waals surface area contributed by atoms with E-state index >= 15 is 0 Å². The largest absolute Gasteiger partial charge is 0.573 e. The van der Waals surface area contributed by atoms with Crippen molar-refractivity contribution in [3.63, 3.8) is 0 Å². The molecule has 0 fully saturated rings. The standard InChI is InChI=1S/C19H23F3N4O.HI/c1-26(2)13-16-6-4-3-5-15(16)12-25-18(23)24-11-14-7-9-17(10-8-14)27-19(20,21)22;/h3-10H,11-13H2,1-2H3,(H3,23,24,25);1H. The van der Waals surface area contributed by atoms with E-state index < -0.39 is 6.36 Å². The van der Waals surface area contributed by atoms with Crippen molar-refractivity contribution in [3.8, 4) is 5.75 Å². The summed E-state index contributed by atoms with van der Waals surface area (Å²) in [7, 11) is 4.01. The fourth-order valence-corrected chi connectivity index (χ4v) is 2.44. The molecule has 0 unspecified atom stereocenters. The Balaban J connectivity index is 0.00000392. The summed E-state index contributed by atoms with van der Waals surface area (Å²) in [5.74, 6) is 0.00380. The van der Waals surface area contributed by atoms with Gasteiger partial charge in [-0.2, -0.15) is 0 Å². The number of alkyl halides is 3. The SMILES string of the molecule is CN(C)Cc1ccccc1CNC(N)=NCc1ccc(OC(F)(F)F)cc1.I. The molecule has 2 rings (SSSR count). The van der Waals surface area contributed by atoms with E-state index in [1.807, 2.05) is 32.3 Å². The lowest BCUT2D eigenvalue weighted by Gasteiger charge is -2.15. The number of hydrogen-bond donors (Lipinski definition) is 2. The number of aliphatic imine (C=N–C) groups is 1. The predicted octanol–water partition coefficient (Wildman–Crippen LogP) is 3.87. The van der Waals surface area contributed by atoms with Crippen molar-refractivity contribution in [2.45, 2.75) is 26.0 Å². The van der Waals surface area contributed by atoms with E-state index in [1.165, 1.54) is 29.8 Å². The summed E-state index contributed by atoms with van der Waals surface area (Å²) in [4.78, 5) is 6.30. The quantitative estimate of drug-likeness (QED) is 0.339. The molecule has 0 aliphatic heterocycles. The van der Waals surface area contributed by atoms with Gasteiger partial charge in [-0.05, 0) is 42.9 Å². The van der Waals surface area contributed by atoms with Crippen LogP contribution in [0.4, 0.5) is 13.2 Å². The molecule has 9 heteroatoms. The van der Waals surface area contributed by atoms with Crippen LogP contribution in [0, 0.1) is 0 Å². The third kappa shape index (κ3) is 8.79. The van der Waals surface area contributed by atoms with E-state index in [9.17, 15) is 13.2 Å². The lowest BCUT2D eigenvalue weighted by molar-refractivity contribution is -0.274. The van der Waals surface area contributed by atoms with Gasteiger partial charge in [-0.1, -0.05) is 36.4 Å². The van der Waals surface area contributed by atoms with Crippen molar-refractivity contribution >= 4 is 29.9 Å². The Morgan fingerprint density at radius 1 is 1.07 bits per heavy atom. The first-order valence-corrected chi connectivity index (χ1v) is 8.33. The highest BCUT2D eigenvalue weighted by Gasteiger charge is 2.30. The molecule has 0 heterocycles. The molecule has 0 saturated carbocycles. The molecule has 0 spiro atoms. The molecule has 0 aliphatic carbocycles. The molecular weight excluding hydrogens is 484 g/mol. The van der Waals surface area contributed by atoms with Crippen LogP contribution in [0.1, 0.15) is 16.7 Å². The Kier molecular flexibility index (Phi) is 9.53. The smallest absolute Gasteiger partial charge is 0.406 e. The van der Waals surface area contributed by atoms with Gasteiger partial charge in [0.1, 0.15) is 5.75 Å². The van der Waals surface area contributed by atoms with E-state index in [4.69, 9.17) is 5.73 Å². The normalized spacial score (nSPS) is 11.9. The van der Waals surface area contributed by atoms with Crippen LogP contribution in [0.25, 0.3) is 0 Å². The second-order valence-electron chi connectivity index (χ2n) is 6.25. The molecule has 0 aromatic heterocycles. The van der Waals surface area contributed by atoms with Crippen molar-refractivity contribution in [1.29, 1.82) is 0 Å². The second kappa shape index (κ2) is 11.1. The number of nitrogens with zero attached hydrogens (tertiary/aromatic N) is 2. The fraction of sp³-hybridized carbons (Fsp3) is 0.316. The first-order chi connectivity index (χ1) is 12.7. The van der Waals surface area contributed by atoms with Gasteiger partial charge in [0.2, 0.25) is 0 Å². The zero-order valence-corrected chi connectivity index (χ0v) is 18.0. The van der Waals surface area contributed by atoms with Gasteiger partial charge in [0.05, 0.1) is 6.54 Å². The van der Waals surface area contributed by atoms with Crippen LogP contribution >= 0.6 is 24.0 Å². The van der Waals surface area contributed by atoms with Crippen LogP contribution in [0.5, 0.6) is 5.75 Å². The van der Waals surface area contributed by atoms with Crippen molar-refractivity contribution in [3.05, 3.63) is 65.2 Å². The van der Waals surface area contributed by atoms with Crippen LogP contribution in [-0.4, -0.2) is 31.3 Å². The Labute approximate surface area is 179 Å². The molecule has 5 nitrogen and oxygen atoms in total. The Hall–Kier alpha value is -2.01. The average molecular weight is 508 g/mol. The Morgan fingerprint density at radius 2 is 1.68 bits per heavy atom. The van der Waals surface area contributed by atoms with Crippen LogP contribution < -0.4 is 15.8 Å². The number of guanidine groups is 1. The maximum atomic E-state index is 12.1. The molecule has 154 valence electrons. The van der Waals surface area contributed by atoms with Gasteiger partial charge < -0.3 is 20.7 Å². The monoisotopic (exact) mass is 508 g/mol. The van der Waals surface area contributed by atoms with Gasteiger partial charge in [0.25, 0.3) is 0 Å². The van der Waals surface area contributed by atoms with Gasteiger partial charge in [-0.3, -0.25) is 0 Å². The Bertz CT molecular complexity index is 765. The number of rotatable bonds is 7. The van der Waals surface area contributed by atoms with Gasteiger partial charge in [-0.25, -0.2) is 4.99 Å². The van der Waals surface area contributed by atoms with E-state index in [-0.39, 0.29) is 42.2 Å². The summed E-state index contributed by atoms with van der Waals surface area (Å²) in [5.41, 5.74) is 8.93. The molecule has 0 amide bonds. The number of benzene rings is 2. The highest BCUT2D eigenvalue weighted by molar-refractivity contribution is 14.0. The van der Waals surface area contributed by atoms with Crippen molar-refractivity contribution in [2.24, 2.45) is 10.7 Å². The van der Waals surface area contributed by atoms with Crippen LogP contribution in [0.3, 0.4) is 0 Å². The highest BCUT2D eigenvalue weighted by atomic mass is 127. The number of halogens is 4. The zero-order chi connectivity index (χ0) is 19.9. The molecule has 0 bridgehead atoms. The minimum absolute atomic E-state index is 0. The highest BCUT2D eigenvalue weighted by Crippen LogP contribution is 2.22. The predicted molar refractivity (Wildman–Crippen MR) is 115 cm³/mol. The second-order valence-corrected chi connectivity index (χ2v) is 6.25. The summed E-state index contributed by atoms with van der Waals surface area (Å²) >= 11 is 0. The van der Waals surface area contributed by atoms with E-state index in [1.54, 1.807) is 0 Å². The van der Waals surface area contributed by atoms with Gasteiger partial charge in [0.15, 0.2) is 5.96 Å². The van der Waals surface area contributed by atoms with Crippen LogP contribution in [0.2, 0.25) is 0 Å². The molecular formula is C19H24F3IN4O. The van der Waals surface area contributed by atoms with Crippen molar-refractivity contribution in [2.75, 3.05) is 14.1 Å². The Morgan fingerprint density at radius 3 is 2.25 bits per heavy atom. The fourth-order valence-electron chi connectivity index (χ4n) is 2.44. The molecule has 2 aromatic carbocycles. The minimum Gasteiger partial charge on any atom is -0.406 e. The molecule has 2 aromatic rings. The van der Waals surface area contributed by atoms with E-state index in [2.05, 4.69) is 26.0 Å². The lowest BCUT2D eigenvalue weighted by Crippen LogP contribution is -2.31. The van der Waals surface area contributed by atoms with Crippen molar-refractivity contribution in [1.82, 2.24) is 10.2 Å². The topological polar surface area (TPSA) is 62.9 Å². The summed E-state index contributed by atoms with van der Waals surface area (Å²) in [6.07, 6.45) is -4.70. The summed E-state index contributed by atoms with van der Waals surface area (Å²) in [6.45, 7) is 1.61. The van der Waals surface area contributed by atoms with Crippen LogP contribution in [-0.2, 0) is 19.6 Å². The first-order valence-electron chi connectivity index (χ1n) is 8.33. The minimum atomic E-state index is -4.70. The third-order valence-corrected chi connectivity index (χ3v) is 3.65. The molecule has 0 atom stereocenters. The average Bonchev–Trinajstić information content (AvgIpc) is 2.58. The number of nitrogens with one attached hydrogen (secondary N) is 1. The van der Waals surface area contributed by atoms with Crippen molar-refractivity contribution < 1.29 is 17.9 Å². The number of ether oxygens (including phenoxy) is 1. The van der Waals surface area contributed by atoms with Gasteiger partial charge in [-0.15, -0.1) is 37.1 Å². The number of nitrogens with two attached hydrogens (primary N) is 1. The summed E-state index contributed by atoms with van der Waals surface area (Å²) < 4.78 is 40.3. The third-order valence-electron chi connectivity index (χ3n) is 3.65. The van der Waals surface area contributed by atoms with Gasteiger partial charge in [0, 0.05) is 13.1 Å². The lowest BCUT2D eigenvalue weighted by atomic mass is 10.1. The summed E-state index contributed by atoms with van der Waals surface area (Å²) in [5, 5.41) is 3.06. The molecule has 0 radical (unpaired) electrons. The van der Waals surface area contributed by atoms with Gasteiger partial charge >= 0.3 is 6.36 Å². The molecule has 28 heavy (non-hydrogen) atoms. The van der Waals surface area contributed by atoms with E-state index in [0.29, 0.717) is 6.54 Å². The summed E-state index contributed by atoms with van der Waals surface area (Å²) in [6, 6.07) is 13.6. The first kappa shape index (κ1) is 24.0. The molecule has 3 N–H and O–H groups in total. The maximum absolute atomic E-state index is 12.1. The maximum Gasteiger partial charge on any atom is 0.573 e. The zero-order valence-electron chi connectivity index (χ0n) is 15.7. The molecule has 0 saturated heterocycles.